The van der Waals surface area contributed by atoms with Gasteiger partial charge in [-0.3, -0.25) is 24.2 Å². The molecule has 3 aromatic carbocycles. The smallest absolute Gasteiger partial charge is 0.262 e. The maximum Gasteiger partial charge on any atom is 0.262 e. The topological polar surface area (TPSA) is 114 Å². The number of carbonyl (C=O) groups excluding carboxylic acids is 4. The van der Waals surface area contributed by atoms with Crippen LogP contribution in [-0.2, 0) is 4.79 Å². The molecule has 9 nitrogen and oxygen atoms in total. The maximum absolute atomic E-state index is 13.2. The molecule has 9 heteroatoms. The number of methoxy groups -OCH3 is 1. The molecule has 1 saturated heterocycles. The number of fused-ring (bicyclic) bond motifs is 4. The zero-order valence-electron chi connectivity index (χ0n) is 21.4. The van der Waals surface area contributed by atoms with Crippen molar-refractivity contribution in [3.05, 3.63) is 82.4 Å². The first kappa shape index (κ1) is 24.5. The van der Waals surface area contributed by atoms with Gasteiger partial charge in [-0.25, -0.2) is 0 Å². The number of ether oxygens (including phenoxy) is 2. The van der Waals surface area contributed by atoms with Gasteiger partial charge in [-0.15, -0.1) is 0 Å². The average molecular weight is 524 g/mol. The molecule has 2 aliphatic heterocycles. The lowest BCUT2D eigenvalue weighted by atomic mass is 9.83. The van der Waals surface area contributed by atoms with Gasteiger partial charge < -0.3 is 19.7 Å². The first-order valence-corrected chi connectivity index (χ1v) is 12.7. The highest BCUT2D eigenvalue weighted by atomic mass is 16.5. The van der Waals surface area contributed by atoms with Crippen LogP contribution in [0.5, 0.6) is 11.5 Å². The normalized spacial score (nSPS) is 19.0. The third kappa shape index (κ3) is 4.16. The van der Waals surface area contributed by atoms with Gasteiger partial charge in [-0.2, -0.15) is 0 Å². The van der Waals surface area contributed by atoms with Crippen LogP contribution >= 0.6 is 0 Å². The number of hydrogen-bond donors (Lipinski definition) is 1. The van der Waals surface area contributed by atoms with E-state index in [0.717, 1.165) is 6.42 Å². The third-order valence-electron chi connectivity index (χ3n) is 7.30. The molecule has 1 unspecified atom stereocenters. The van der Waals surface area contributed by atoms with Crippen LogP contribution in [0.4, 0.5) is 11.4 Å². The first-order chi connectivity index (χ1) is 18.9. The summed E-state index contributed by atoms with van der Waals surface area (Å²) in [6, 6.07) is 14.5. The molecule has 2 heterocycles. The molecule has 0 spiro atoms. The highest BCUT2D eigenvalue weighted by Gasteiger charge is 2.36. The molecule has 0 aromatic heterocycles. The quantitative estimate of drug-likeness (QED) is 0.422. The predicted molar refractivity (Wildman–Crippen MR) is 144 cm³/mol. The second-order valence-corrected chi connectivity index (χ2v) is 9.93. The van der Waals surface area contributed by atoms with Crippen molar-refractivity contribution in [2.75, 3.05) is 25.6 Å². The van der Waals surface area contributed by atoms with Gasteiger partial charge in [0.15, 0.2) is 29.7 Å². The molecule has 196 valence electrons. The predicted octanol–water partition coefficient (Wildman–Crippen LogP) is 4.05. The van der Waals surface area contributed by atoms with Gasteiger partial charge in [0, 0.05) is 35.5 Å². The lowest BCUT2D eigenvalue weighted by molar-refractivity contribution is -0.118. The fourth-order valence-corrected chi connectivity index (χ4v) is 5.46. The summed E-state index contributed by atoms with van der Waals surface area (Å²) in [5.74, 6) is -0.308. The van der Waals surface area contributed by atoms with Gasteiger partial charge in [0.05, 0.1) is 35.7 Å². The number of ketones is 2. The number of anilines is 1. The Morgan fingerprint density at radius 1 is 0.974 bits per heavy atom. The fraction of sp³-hybridized carbons (Fsp3) is 0.233. The summed E-state index contributed by atoms with van der Waals surface area (Å²) in [6.45, 7) is 2.37. The Morgan fingerprint density at radius 3 is 2.49 bits per heavy atom. The van der Waals surface area contributed by atoms with Crippen molar-refractivity contribution in [1.29, 1.82) is 0 Å². The van der Waals surface area contributed by atoms with E-state index in [2.05, 4.69) is 17.2 Å². The van der Waals surface area contributed by atoms with E-state index < -0.39 is 12.5 Å². The summed E-state index contributed by atoms with van der Waals surface area (Å²) in [7, 11) is 1.45. The van der Waals surface area contributed by atoms with Gasteiger partial charge in [0.25, 0.3) is 11.8 Å². The lowest BCUT2D eigenvalue weighted by Gasteiger charge is -2.21. The zero-order valence-corrected chi connectivity index (χ0v) is 21.4. The van der Waals surface area contributed by atoms with Crippen LogP contribution in [0, 0.1) is 5.92 Å². The van der Waals surface area contributed by atoms with Crippen LogP contribution in [0.2, 0.25) is 0 Å². The average Bonchev–Trinajstić information content (AvgIpc) is 3.28. The summed E-state index contributed by atoms with van der Waals surface area (Å²) >= 11 is 0. The molecule has 39 heavy (non-hydrogen) atoms. The molecule has 1 N–H and O–H groups in total. The number of amides is 2. The van der Waals surface area contributed by atoms with Crippen molar-refractivity contribution < 1.29 is 28.7 Å². The van der Waals surface area contributed by atoms with Crippen molar-refractivity contribution in [2.24, 2.45) is 10.9 Å². The Kier molecular flexibility index (Phi) is 5.98. The largest absolute Gasteiger partial charge is 0.493 e. The zero-order chi connectivity index (χ0) is 27.3. The molecule has 3 aliphatic rings. The van der Waals surface area contributed by atoms with Gasteiger partial charge >= 0.3 is 0 Å². The van der Waals surface area contributed by atoms with Crippen molar-refractivity contribution in [3.8, 4) is 11.5 Å². The molecule has 0 saturated carbocycles. The first-order valence-electron chi connectivity index (χ1n) is 12.7. The third-order valence-corrected chi connectivity index (χ3v) is 7.30. The Labute approximate surface area is 224 Å². The number of hydrogen-bond acceptors (Lipinski definition) is 7. The Balaban J connectivity index is 1.22. The van der Waals surface area contributed by atoms with Crippen LogP contribution in [-0.4, -0.2) is 60.8 Å². The van der Waals surface area contributed by atoms with E-state index in [1.54, 1.807) is 60.8 Å². The number of rotatable bonds is 5. The van der Waals surface area contributed by atoms with Crippen molar-refractivity contribution >= 4 is 41.0 Å². The van der Waals surface area contributed by atoms with E-state index >= 15 is 0 Å². The van der Waals surface area contributed by atoms with Gasteiger partial charge in [-0.05, 0) is 24.5 Å². The second-order valence-electron chi connectivity index (χ2n) is 9.93. The SMILES string of the molecule is COc1cc2c(cc1OCC(=O)Nc1cccc3c1C(=O)c1ccccc1C3=O)N=C[C@@H]1CC(C)CN1C2=O. The van der Waals surface area contributed by atoms with E-state index in [4.69, 9.17) is 9.47 Å². The molecular weight excluding hydrogens is 498 g/mol. The van der Waals surface area contributed by atoms with Gasteiger partial charge in [0.1, 0.15) is 0 Å². The summed E-state index contributed by atoms with van der Waals surface area (Å²) in [5, 5.41) is 2.70. The van der Waals surface area contributed by atoms with E-state index in [9.17, 15) is 19.2 Å². The number of carbonyl (C=O) groups is 4. The second kappa shape index (κ2) is 9.50. The number of aliphatic imine (C=N–C) groups is 1. The summed E-state index contributed by atoms with van der Waals surface area (Å²) < 4.78 is 11.2. The highest BCUT2D eigenvalue weighted by molar-refractivity contribution is 6.30. The minimum absolute atomic E-state index is 0.0561. The number of benzene rings is 3. The molecule has 6 rings (SSSR count). The van der Waals surface area contributed by atoms with Crippen LogP contribution in [0.1, 0.15) is 55.5 Å². The summed E-state index contributed by atoms with van der Waals surface area (Å²) in [4.78, 5) is 58.6. The lowest BCUT2D eigenvalue weighted by Crippen LogP contribution is -2.35. The van der Waals surface area contributed by atoms with Gasteiger partial charge in [0.2, 0.25) is 0 Å². The van der Waals surface area contributed by atoms with Crippen molar-refractivity contribution in [3.63, 3.8) is 0 Å². The molecule has 1 fully saturated rings. The minimum atomic E-state index is -0.534. The summed E-state index contributed by atoms with van der Waals surface area (Å²) in [5.41, 5.74) is 2.12. The van der Waals surface area contributed by atoms with Crippen LogP contribution in [0.25, 0.3) is 0 Å². The standard InChI is InChI=1S/C30H25N3O6/c1-16-10-17-13-31-23-12-25(24(38-2)11-21(23)30(37)33(17)14-16)39-15-26(34)32-22-9-5-8-20-27(22)29(36)19-7-4-3-6-18(19)28(20)35/h3-9,11-13,16-17H,10,14-15H2,1-2H3,(H,32,34)/t16?,17-/m0/s1. The summed E-state index contributed by atoms with van der Waals surface area (Å²) in [6.07, 6.45) is 2.64. The van der Waals surface area contributed by atoms with Gasteiger partial charge in [-0.1, -0.05) is 43.3 Å². The maximum atomic E-state index is 13.2. The van der Waals surface area contributed by atoms with Crippen molar-refractivity contribution in [2.45, 2.75) is 19.4 Å². The van der Waals surface area contributed by atoms with Crippen LogP contribution < -0.4 is 14.8 Å². The molecular formula is C30H25N3O6. The minimum Gasteiger partial charge on any atom is -0.493 e. The molecule has 0 radical (unpaired) electrons. The van der Waals surface area contributed by atoms with E-state index in [-0.39, 0.29) is 46.1 Å². The highest BCUT2D eigenvalue weighted by Crippen LogP contribution is 2.39. The Bertz CT molecular complexity index is 1590. The number of nitrogens with one attached hydrogen (secondary N) is 1. The molecule has 2 atom stereocenters. The fourth-order valence-electron chi connectivity index (χ4n) is 5.46. The molecule has 3 aromatic rings. The van der Waals surface area contributed by atoms with Crippen LogP contribution in [0.3, 0.4) is 0 Å². The molecule has 1 aliphatic carbocycles. The van der Waals surface area contributed by atoms with E-state index in [0.29, 0.717) is 40.6 Å². The van der Waals surface area contributed by atoms with E-state index in [1.165, 1.54) is 7.11 Å². The Hall–Kier alpha value is -4.79. The number of nitrogens with zero attached hydrogens (tertiary/aromatic N) is 2. The molecule has 0 bridgehead atoms. The monoisotopic (exact) mass is 523 g/mol. The van der Waals surface area contributed by atoms with E-state index in [1.807, 2.05) is 4.90 Å². The molecule has 2 amide bonds. The Morgan fingerprint density at radius 2 is 1.72 bits per heavy atom. The van der Waals surface area contributed by atoms with Crippen molar-refractivity contribution in [1.82, 2.24) is 4.90 Å². The van der Waals surface area contributed by atoms with Crippen LogP contribution in [0.15, 0.2) is 59.6 Å².